The van der Waals surface area contributed by atoms with Crippen molar-refractivity contribution in [3.8, 4) is 5.75 Å². The van der Waals surface area contributed by atoms with Gasteiger partial charge in [-0.3, -0.25) is 0 Å². The van der Waals surface area contributed by atoms with E-state index in [1.165, 1.54) is 44.3 Å². The van der Waals surface area contributed by atoms with Crippen molar-refractivity contribution in [3.05, 3.63) is 29.3 Å². The van der Waals surface area contributed by atoms with Gasteiger partial charge in [-0.15, -0.1) is 0 Å². The molecule has 1 spiro atoms. The first-order valence-electron chi connectivity index (χ1n) is 7.21. The highest BCUT2D eigenvalue weighted by Gasteiger charge is 2.52. The van der Waals surface area contributed by atoms with Crippen molar-refractivity contribution in [2.75, 3.05) is 20.1 Å². The Morgan fingerprint density at radius 3 is 3.11 bits per heavy atom. The Kier molecular flexibility index (Phi) is 2.12. The van der Waals surface area contributed by atoms with E-state index in [2.05, 4.69) is 24.1 Å². The molecule has 0 aromatic heterocycles. The molecule has 18 heavy (non-hydrogen) atoms. The maximum Gasteiger partial charge on any atom is 0.115 e. The van der Waals surface area contributed by atoms with Gasteiger partial charge in [0.25, 0.3) is 0 Å². The average molecular weight is 243 g/mol. The lowest BCUT2D eigenvalue weighted by molar-refractivity contribution is 0.0468. The van der Waals surface area contributed by atoms with Crippen LogP contribution in [0.1, 0.15) is 42.7 Å². The number of fused-ring (bicyclic) bond motifs is 1. The SMILES string of the molecule is CN1CC[C@@]23CC[C@@H](C[C@@H]2C1)c1ccc(O)cc13. The average Bonchev–Trinajstić information content (AvgIpc) is 2.38. The predicted molar refractivity (Wildman–Crippen MR) is 72.0 cm³/mol. The molecular formula is C16H21NO. The predicted octanol–water partition coefficient (Wildman–Crippen LogP) is 2.86. The van der Waals surface area contributed by atoms with Crippen LogP contribution in [0.4, 0.5) is 0 Å². The maximum atomic E-state index is 9.84. The van der Waals surface area contributed by atoms with Crippen LogP contribution < -0.4 is 0 Å². The molecule has 1 saturated carbocycles. The molecule has 2 fully saturated rings. The number of hydrogen-bond donors (Lipinski definition) is 1. The third kappa shape index (κ3) is 1.27. The molecule has 0 amide bonds. The second-order valence-corrected chi connectivity index (χ2v) is 6.61. The van der Waals surface area contributed by atoms with Crippen molar-refractivity contribution in [2.24, 2.45) is 5.92 Å². The molecule has 1 aromatic carbocycles. The minimum Gasteiger partial charge on any atom is -0.508 e. The lowest BCUT2D eigenvalue weighted by Crippen LogP contribution is -2.54. The van der Waals surface area contributed by atoms with Gasteiger partial charge >= 0.3 is 0 Å². The zero-order chi connectivity index (χ0) is 12.3. The van der Waals surface area contributed by atoms with Crippen LogP contribution >= 0.6 is 0 Å². The summed E-state index contributed by atoms with van der Waals surface area (Å²) in [6.07, 6.45) is 5.34. The van der Waals surface area contributed by atoms with E-state index in [-0.39, 0.29) is 0 Å². The Bertz CT molecular complexity index is 498. The van der Waals surface area contributed by atoms with Gasteiger partial charge < -0.3 is 10.0 Å². The zero-order valence-corrected chi connectivity index (χ0v) is 11.0. The Morgan fingerprint density at radius 1 is 1.33 bits per heavy atom. The van der Waals surface area contributed by atoms with E-state index in [9.17, 15) is 5.11 Å². The smallest absolute Gasteiger partial charge is 0.115 e. The lowest BCUT2D eigenvalue weighted by atomic mass is 9.50. The van der Waals surface area contributed by atoms with E-state index in [0.29, 0.717) is 11.2 Å². The molecule has 2 bridgehead atoms. The Morgan fingerprint density at radius 2 is 2.22 bits per heavy atom. The van der Waals surface area contributed by atoms with Gasteiger partial charge in [0.15, 0.2) is 0 Å². The Hall–Kier alpha value is -1.02. The number of aromatic hydroxyl groups is 1. The molecule has 0 unspecified atom stereocenters. The molecule has 0 radical (unpaired) electrons. The van der Waals surface area contributed by atoms with Crippen LogP contribution in [-0.2, 0) is 5.41 Å². The first-order chi connectivity index (χ1) is 8.69. The third-order valence-electron chi connectivity index (χ3n) is 5.77. The molecule has 1 aromatic rings. The molecule has 5 rings (SSSR count). The molecule has 3 aliphatic carbocycles. The molecule has 1 saturated heterocycles. The fourth-order valence-corrected chi connectivity index (χ4v) is 4.86. The van der Waals surface area contributed by atoms with Gasteiger partial charge in [0.2, 0.25) is 0 Å². The molecule has 2 nitrogen and oxygen atoms in total. The van der Waals surface area contributed by atoms with Gasteiger partial charge in [0, 0.05) is 12.0 Å². The van der Waals surface area contributed by atoms with E-state index < -0.39 is 0 Å². The number of phenolic OH excluding ortho intramolecular Hbond substituents is 1. The number of rotatable bonds is 0. The molecular weight excluding hydrogens is 222 g/mol. The largest absolute Gasteiger partial charge is 0.508 e. The van der Waals surface area contributed by atoms with E-state index in [1.54, 1.807) is 5.56 Å². The van der Waals surface area contributed by atoms with Crippen molar-refractivity contribution < 1.29 is 5.11 Å². The number of hydrogen-bond acceptors (Lipinski definition) is 2. The van der Waals surface area contributed by atoms with Gasteiger partial charge in [-0.2, -0.15) is 0 Å². The Balaban J connectivity index is 1.88. The molecule has 3 atom stereocenters. The minimum atomic E-state index is 0.384. The van der Waals surface area contributed by atoms with Crippen molar-refractivity contribution in [1.29, 1.82) is 0 Å². The second kappa shape index (κ2) is 3.51. The van der Waals surface area contributed by atoms with Crippen LogP contribution in [0.15, 0.2) is 18.2 Å². The van der Waals surface area contributed by atoms with Gasteiger partial charge in [0.05, 0.1) is 0 Å². The van der Waals surface area contributed by atoms with Crippen molar-refractivity contribution in [2.45, 2.75) is 37.0 Å². The van der Waals surface area contributed by atoms with E-state index in [0.717, 1.165) is 11.8 Å². The van der Waals surface area contributed by atoms with E-state index in [1.807, 2.05) is 6.07 Å². The summed E-state index contributed by atoms with van der Waals surface area (Å²) in [5, 5.41) is 9.84. The van der Waals surface area contributed by atoms with Crippen molar-refractivity contribution >= 4 is 0 Å². The monoisotopic (exact) mass is 243 g/mol. The molecule has 4 aliphatic rings. The van der Waals surface area contributed by atoms with Gasteiger partial charge in [-0.05, 0) is 74.4 Å². The first kappa shape index (κ1) is 10.9. The number of likely N-dealkylation sites (tertiary alicyclic amines) is 1. The summed E-state index contributed by atoms with van der Waals surface area (Å²) in [5.41, 5.74) is 3.41. The zero-order valence-electron chi connectivity index (χ0n) is 11.0. The van der Waals surface area contributed by atoms with Gasteiger partial charge in [0.1, 0.15) is 5.75 Å². The maximum absolute atomic E-state index is 9.84. The third-order valence-corrected chi connectivity index (χ3v) is 5.77. The fourth-order valence-electron chi connectivity index (χ4n) is 4.86. The number of nitrogens with zero attached hydrogens (tertiary/aromatic N) is 1. The summed E-state index contributed by atoms with van der Waals surface area (Å²) in [5.74, 6) is 2.01. The van der Waals surface area contributed by atoms with Gasteiger partial charge in [-0.1, -0.05) is 6.07 Å². The van der Waals surface area contributed by atoms with E-state index in [4.69, 9.17) is 0 Å². The molecule has 1 N–H and O–H groups in total. The van der Waals surface area contributed by atoms with Crippen molar-refractivity contribution in [3.63, 3.8) is 0 Å². The van der Waals surface area contributed by atoms with Crippen LogP contribution in [0.2, 0.25) is 0 Å². The summed E-state index contributed by atoms with van der Waals surface area (Å²) < 4.78 is 0. The molecule has 1 heterocycles. The minimum absolute atomic E-state index is 0.384. The van der Waals surface area contributed by atoms with Crippen molar-refractivity contribution in [1.82, 2.24) is 4.90 Å². The molecule has 1 aliphatic heterocycles. The van der Waals surface area contributed by atoms with Crippen LogP contribution in [0.5, 0.6) is 5.75 Å². The fraction of sp³-hybridized carbons (Fsp3) is 0.625. The summed E-state index contributed by atoms with van der Waals surface area (Å²) >= 11 is 0. The van der Waals surface area contributed by atoms with E-state index >= 15 is 0 Å². The lowest BCUT2D eigenvalue weighted by Gasteiger charge is -2.57. The molecule has 2 heteroatoms. The summed E-state index contributed by atoms with van der Waals surface area (Å²) in [4.78, 5) is 2.49. The van der Waals surface area contributed by atoms with Crippen LogP contribution in [0.3, 0.4) is 0 Å². The van der Waals surface area contributed by atoms with Gasteiger partial charge in [-0.25, -0.2) is 0 Å². The summed E-state index contributed by atoms with van der Waals surface area (Å²) in [6, 6.07) is 6.13. The standard InChI is InChI=1S/C16H21NO/c1-17-7-6-16-5-4-11(8-12(16)10-17)14-3-2-13(18)9-15(14)16/h2-3,9,11-12,18H,4-8,10H2,1H3/t11-,12+,16-/m0/s1. The highest BCUT2D eigenvalue weighted by atomic mass is 16.3. The highest BCUT2D eigenvalue weighted by Crippen LogP contribution is 2.59. The summed E-state index contributed by atoms with van der Waals surface area (Å²) in [7, 11) is 2.25. The highest BCUT2D eigenvalue weighted by molar-refractivity contribution is 5.47. The van der Waals surface area contributed by atoms with Crippen LogP contribution in [0, 0.1) is 5.92 Å². The summed E-state index contributed by atoms with van der Waals surface area (Å²) in [6.45, 7) is 2.45. The van der Waals surface area contributed by atoms with Crippen LogP contribution in [-0.4, -0.2) is 30.1 Å². The Labute approximate surface area is 109 Å². The number of benzene rings is 1. The first-order valence-corrected chi connectivity index (χ1v) is 7.21. The number of piperidine rings is 1. The normalized spacial score (nSPS) is 38.3. The molecule has 96 valence electrons. The topological polar surface area (TPSA) is 23.5 Å². The number of phenols is 1. The second-order valence-electron chi connectivity index (χ2n) is 6.61. The van der Waals surface area contributed by atoms with Crippen LogP contribution in [0.25, 0.3) is 0 Å². The quantitative estimate of drug-likeness (QED) is 0.757.